The first kappa shape index (κ1) is 12.2. The number of carbonyl (C=O) groups excluding carboxylic acids is 2. The van der Waals surface area contributed by atoms with Crippen LogP contribution in [0.15, 0.2) is 0 Å². The zero-order valence-corrected chi connectivity index (χ0v) is 9.59. The minimum Gasteiger partial charge on any atom is -0.462 e. The van der Waals surface area contributed by atoms with Crippen molar-refractivity contribution in [3.63, 3.8) is 0 Å². The molecular formula is C10H15N3O3. The van der Waals surface area contributed by atoms with Gasteiger partial charge in [0.2, 0.25) is 5.91 Å². The van der Waals surface area contributed by atoms with Crippen molar-refractivity contribution in [3.8, 4) is 0 Å². The Morgan fingerprint density at radius 3 is 2.69 bits per heavy atom. The monoisotopic (exact) mass is 225 g/mol. The Hall–Kier alpha value is -1.85. The second-order valence-electron chi connectivity index (χ2n) is 3.19. The number of hydrogen-bond donors (Lipinski definition) is 2. The van der Waals surface area contributed by atoms with E-state index in [1.807, 2.05) is 0 Å². The Morgan fingerprint density at radius 1 is 1.44 bits per heavy atom. The number of carbonyl (C=O) groups is 2. The predicted molar refractivity (Wildman–Crippen MR) is 58.2 cm³/mol. The second kappa shape index (κ2) is 5.29. The van der Waals surface area contributed by atoms with Gasteiger partial charge in [0, 0.05) is 12.1 Å². The normalized spacial score (nSPS) is 9.94. The Kier molecular flexibility index (Phi) is 4.04. The largest absolute Gasteiger partial charge is 0.462 e. The first-order valence-corrected chi connectivity index (χ1v) is 5.12. The number of nitrogens with zero attached hydrogens (tertiary/aromatic N) is 1. The standard InChI is InChI=1S/C10H15N3O3/c1-4-7(14)11-9-8(6(3)12-13-9)10(15)16-5-2/h4-5H2,1-3H3,(H2,11,12,13,14). The zero-order chi connectivity index (χ0) is 12.1. The van der Waals surface area contributed by atoms with E-state index in [9.17, 15) is 9.59 Å². The minimum atomic E-state index is -0.486. The lowest BCUT2D eigenvalue weighted by molar-refractivity contribution is -0.115. The fourth-order valence-electron chi connectivity index (χ4n) is 1.19. The number of amides is 1. The number of aryl methyl sites for hydroxylation is 1. The highest BCUT2D eigenvalue weighted by Gasteiger charge is 2.20. The SMILES string of the molecule is CCOC(=O)c1c(NC(=O)CC)n[nH]c1C. The second-order valence-corrected chi connectivity index (χ2v) is 3.19. The van der Waals surface area contributed by atoms with E-state index in [1.54, 1.807) is 20.8 Å². The van der Waals surface area contributed by atoms with Crippen molar-refractivity contribution in [3.05, 3.63) is 11.3 Å². The molecule has 0 saturated carbocycles. The molecule has 88 valence electrons. The topological polar surface area (TPSA) is 84.1 Å². The minimum absolute atomic E-state index is 0.197. The summed E-state index contributed by atoms with van der Waals surface area (Å²) in [5, 5.41) is 9.03. The van der Waals surface area contributed by atoms with E-state index in [2.05, 4.69) is 15.5 Å². The van der Waals surface area contributed by atoms with Crippen LogP contribution in [-0.2, 0) is 9.53 Å². The van der Waals surface area contributed by atoms with Gasteiger partial charge in [-0.25, -0.2) is 4.79 Å². The van der Waals surface area contributed by atoms with Crippen molar-refractivity contribution in [2.75, 3.05) is 11.9 Å². The van der Waals surface area contributed by atoms with Crippen LogP contribution in [0.1, 0.15) is 36.3 Å². The Morgan fingerprint density at radius 2 is 2.12 bits per heavy atom. The van der Waals surface area contributed by atoms with Crippen molar-refractivity contribution in [1.29, 1.82) is 0 Å². The number of hydrogen-bond acceptors (Lipinski definition) is 4. The average Bonchev–Trinajstić information content (AvgIpc) is 2.60. The van der Waals surface area contributed by atoms with Gasteiger partial charge in [-0.1, -0.05) is 6.92 Å². The Bertz CT molecular complexity index is 398. The third kappa shape index (κ3) is 2.59. The molecule has 6 heteroatoms. The summed E-state index contributed by atoms with van der Waals surface area (Å²) in [6.07, 6.45) is 0.328. The number of anilines is 1. The van der Waals surface area contributed by atoms with Gasteiger partial charge in [0.05, 0.1) is 6.61 Å². The molecule has 1 rings (SSSR count). The van der Waals surface area contributed by atoms with Crippen LogP contribution in [0.25, 0.3) is 0 Å². The van der Waals surface area contributed by atoms with E-state index < -0.39 is 5.97 Å². The smallest absolute Gasteiger partial charge is 0.343 e. The quantitative estimate of drug-likeness (QED) is 0.755. The molecule has 0 aliphatic carbocycles. The third-order valence-electron chi connectivity index (χ3n) is 2.01. The summed E-state index contributed by atoms with van der Waals surface area (Å²) in [4.78, 5) is 22.8. The molecule has 1 amide bonds. The summed E-state index contributed by atoms with van der Waals surface area (Å²) >= 11 is 0. The van der Waals surface area contributed by atoms with Crippen LogP contribution in [0, 0.1) is 6.92 Å². The Balaban J connectivity index is 2.93. The number of ether oxygens (including phenoxy) is 1. The number of aromatic amines is 1. The highest BCUT2D eigenvalue weighted by molar-refractivity contribution is 6.00. The third-order valence-corrected chi connectivity index (χ3v) is 2.01. The van der Waals surface area contributed by atoms with Gasteiger partial charge in [0.25, 0.3) is 0 Å². The maximum absolute atomic E-state index is 11.6. The van der Waals surface area contributed by atoms with Crippen molar-refractivity contribution in [2.45, 2.75) is 27.2 Å². The summed E-state index contributed by atoms with van der Waals surface area (Å²) in [5.41, 5.74) is 0.855. The molecule has 0 aromatic carbocycles. The van der Waals surface area contributed by atoms with Gasteiger partial charge >= 0.3 is 5.97 Å². The molecular weight excluding hydrogens is 210 g/mol. The van der Waals surface area contributed by atoms with E-state index in [1.165, 1.54) is 0 Å². The number of nitrogens with one attached hydrogen (secondary N) is 2. The summed E-state index contributed by atoms with van der Waals surface area (Å²) < 4.78 is 4.87. The highest BCUT2D eigenvalue weighted by Crippen LogP contribution is 2.17. The van der Waals surface area contributed by atoms with E-state index in [0.29, 0.717) is 12.1 Å². The fourth-order valence-corrected chi connectivity index (χ4v) is 1.19. The molecule has 0 fully saturated rings. The van der Waals surface area contributed by atoms with Crippen LogP contribution in [0.3, 0.4) is 0 Å². The molecule has 16 heavy (non-hydrogen) atoms. The van der Waals surface area contributed by atoms with Gasteiger partial charge in [0.15, 0.2) is 5.82 Å². The zero-order valence-electron chi connectivity index (χ0n) is 9.59. The van der Waals surface area contributed by atoms with Gasteiger partial charge in [-0.2, -0.15) is 5.10 Å². The summed E-state index contributed by atoms with van der Waals surface area (Å²) in [6, 6.07) is 0. The molecule has 0 unspecified atom stereocenters. The van der Waals surface area contributed by atoms with E-state index in [-0.39, 0.29) is 23.9 Å². The molecule has 1 aromatic heterocycles. The maximum atomic E-state index is 11.6. The number of aromatic nitrogens is 2. The molecule has 1 heterocycles. The molecule has 0 saturated heterocycles. The first-order chi connectivity index (χ1) is 7.60. The van der Waals surface area contributed by atoms with Crippen molar-refractivity contribution in [1.82, 2.24) is 10.2 Å². The molecule has 0 radical (unpaired) electrons. The van der Waals surface area contributed by atoms with E-state index in [4.69, 9.17) is 4.74 Å². The molecule has 1 aromatic rings. The van der Waals surface area contributed by atoms with Crippen LogP contribution in [0.5, 0.6) is 0 Å². The number of H-pyrrole nitrogens is 1. The summed E-state index contributed by atoms with van der Waals surface area (Å²) in [7, 11) is 0. The molecule has 0 spiro atoms. The highest BCUT2D eigenvalue weighted by atomic mass is 16.5. The van der Waals surface area contributed by atoms with E-state index >= 15 is 0 Å². The van der Waals surface area contributed by atoms with Gasteiger partial charge < -0.3 is 10.1 Å². The Labute approximate surface area is 93.4 Å². The lowest BCUT2D eigenvalue weighted by Crippen LogP contribution is -2.14. The van der Waals surface area contributed by atoms with Crippen LogP contribution in [0.2, 0.25) is 0 Å². The molecule has 2 N–H and O–H groups in total. The number of esters is 1. The van der Waals surface area contributed by atoms with Gasteiger partial charge in [-0.05, 0) is 13.8 Å². The maximum Gasteiger partial charge on any atom is 0.343 e. The molecule has 0 atom stereocenters. The summed E-state index contributed by atoms with van der Waals surface area (Å²) in [5.74, 6) is -0.458. The van der Waals surface area contributed by atoms with Crippen LogP contribution in [0.4, 0.5) is 5.82 Å². The molecule has 0 aliphatic rings. The lowest BCUT2D eigenvalue weighted by atomic mass is 10.2. The van der Waals surface area contributed by atoms with Gasteiger partial charge in [-0.15, -0.1) is 0 Å². The fraction of sp³-hybridized carbons (Fsp3) is 0.500. The first-order valence-electron chi connectivity index (χ1n) is 5.12. The van der Waals surface area contributed by atoms with Crippen molar-refractivity contribution < 1.29 is 14.3 Å². The van der Waals surface area contributed by atoms with E-state index in [0.717, 1.165) is 0 Å². The van der Waals surface area contributed by atoms with Gasteiger partial charge in [0.1, 0.15) is 5.56 Å². The van der Waals surface area contributed by atoms with Crippen LogP contribution >= 0.6 is 0 Å². The lowest BCUT2D eigenvalue weighted by Gasteiger charge is -2.04. The summed E-state index contributed by atoms with van der Waals surface area (Å²) in [6.45, 7) is 5.42. The molecule has 0 aliphatic heterocycles. The van der Waals surface area contributed by atoms with Crippen LogP contribution < -0.4 is 5.32 Å². The van der Waals surface area contributed by atoms with Crippen molar-refractivity contribution >= 4 is 17.7 Å². The van der Waals surface area contributed by atoms with Crippen molar-refractivity contribution in [2.24, 2.45) is 0 Å². The predicted octanol–water partition coefficient (Wildman–Crippen LogP) is 1.24. The molecule has 0 bridgehead atoms. The number of rotatable bonds is 4. The van der Waals surface area contributed by atoms with Crippen LogP contribution in [-0.4, -0.2) is 28.7 Å². The van der Waals surface area contributed by atoms with Gasteiger partial charge in [-0.3, -0.25) is 9.89 Å². The molecule has 6 nitrogen and oxygen atoms in total. The average molecular weight is 225 g/mol.